The molecule has 3 aromatic heterocycles. The van der Waals surface area contributed by atoms with Crippen molar-refractivity contribution >= 4 is 16.8 Å². The maximum absolute atomic E-state index is 13.5. The van der Waals surface area contributed by atoms with E-state index in [1.54, 1.807) is 18.6 Å². The van der Waals surface area contributed by atoms with Crippen LogP contribution in [-0.2, 0) is 0 Å². The van der Waals surface area contributed by atoms with E-state index in [9.17, 15) is 18.7 Å². The van der Waals surface area contributed by atoms with E-state index in [2.05, 4.69) is 20.3 Å². The molecule has 0 unspecified atom stereocenters. The van der Waals surface area contributed by atoms with Gasteiger partial charge in [0.05, 0.1) is 25.0 Å². The van der Waals surface area contributed by atoms with Crippen molar-refractivity contribution in [3.8, 4) is 23.0 Å². The number of benzene rings is 1. The van der Waals surface area contributed by atoms with Crippen molar-refractivity contribution in [2.45, 2.75) is 31.7 Å². The van der Waals surface area contributed by atoms with Crippen LogP contribution in [0.1, 0.15) is 42.1 Å². The summed E-state index contributed by atoms with van der Waals surface area (Å²) in [4.78, 5) is 25.0. The molecule has 5 rings (SSSR count). The number of phenols is 1. The molecule has 1 amide bonds. The maximum Gasteiger partial charge on any atom is 0.316 e. The van der Waals surface area contributed by atoms with Crippen LogP contribution in [0.2, 0.25) is 0 Å². The van der Waals surface area contributed by atoms with Gasteiger partial charge in [-0.1, -0.05) is 0 Å². The monoisotopic (exact) mass is 494 g/mol. The molecule has 0 spiro atoms. The summed E-state index contributed by atoms with van der Waals surface area (Å²) in [6, 6.07) is 4.15. The Labute approximate surface area is 205 Å². The normalized spacial score (nSPS) is 17.8. The van der Waals surface area contributed by atoms with Crippen molar-refractivity contribution in [1.29, 1.82) is 0 Å². The lowest BCUT2D eigenvalue weighted by Gasteiger charge is -2.28. The summed E-state index contributed by atoms with van der Waals surface area (Å²) in [7, 11) is 1.51. The van der Waals surface area contributed by atoms with Gasteiger partial charge in [0.2, 0.25) is 0 Å². The average molecular weight is 495 g/mol. The highest BCUT2D eigenvalue weighted by Crippen LogP contribution is 2.33. The third kappa shape index (κ3) is 4.81. The fraction of sp³-hybridized carbons (Fsp3) is 0.320. The predicted octanol–water partition coefficient (Wildman–Crippen LogP) is 4.04. The first-order chi connectivity index (χ1) is 17.4. The Morgan fingerprint density at radius 3 is 2.44 bits per heavy atom. The lowest BCUT2D eigenvalue weighted by atomic mass is 9.86. The molecule has 2 N–H and O–H groups in total. The summed E-state index contributed by atoms with van der Waals surface area (Å²) in [5.41, 5.74) is 2.17. The average Bonchev–Trinajstić information content (AvgIpc) is 3.34. The van der Waals surface area contributed by atoms with E-state index >= 15 is 0 Å². The van der Waals surface area contributed by atoms with Crippen molar-refractivity contribution in [3.63, 3.8) is 0 Å². The van der Waals surface area contributed by atoms with Crippen molar-refractivity contribution in [1.82, 2.24) is 30.0 Å². The third-order valence-electron chi connectivity index (χ3n) is 6.54. The van der Waals surface area contributed by atoms with Gasteiger partial charge in [-0.2, -0.15) is 5.10 Å². The molecule has 186 valence electrons. The quantitative estimate of drug-likeness (QED) is 0.416. The fourth-order valence-electron chi connectivity index (χ4n) is 4.49. The Morgan fingerprint density at radius 2 is 1.78 bits per heavy atom. The summed E-state index contributed by atoms with van der Waals surface area (Å²) >= 11 is 0. The Balaban J connectivity index is 1.18. The molecule has 0 saturated heterocycles. The van der Waals surface area contributed by atoms with Crippen LogP contribution in [0.3, 0.4) is 0 Å². The largest absolute Gasteiger partial charge is 0.503 e. The minimum Gasteiger partial charge on any atom is -0.503 e. The molecule has 9 nitrogen and oxygen atoms in total. The number of pyridine rings is 1. The molecule has 0 radical (unpaired) electrons. The molecule has 11 heteroatoms. The van der Waals surface area contributed by atoms with Crippen LogP contribution < -0.4 is 10.1 Å². The zero-order valence-corrected chi connectivity index (χ0v) is 19.5. The van der Waals surface area contributed by atoms with Gasteiger partial charge in [-0.25, -0.2) is 18.7 Å². The standard InChI is InChI=1S/C25H24F2N6O3/c1-36-25-30-10-17(11-31-25)21-8-16-13-33(32-22(16)12-28-21)18-4-2-14(3-5-18)9-29-24(35)15-6-19(26)23(34)20(27)7-15/h6-8,10-14,18,34H,2-5,9H2,1H3,(H,29,35). The van der Waals surface area contributed by atoms with E-state index < -0.39 is 23.3 Å². The Morgan fingerprint density at radius 1 is 1.08 bits per heavy atom. The van der Waals surface area contributed by atoms with Crippen LogP contribution in [0, 0.1) is 17.6 Å². The topological polar surface area (TPSA) is 115 Å². The molecule has 0 atom stereocenters. The minimum atomic E-state index is -1.16. The van der Waals surface area contributed by atoms with Crippen molar-refractivity contribution in [3.05, 3.63) is 60.2 Å². The molecular formula is C25H24F2N6O3. The van der Waals surface area contributed by atoms with Crippen LogP contribution >= 0.6 is 0 Å². The molecule has 1 aliphatic carbocycles. The van der Waals surface area contributed by atoms with Crippen molar-refractivity contribution in [2.24, 2.45) is 5.92 Å². The van der Waals surface area contributed by atoms with Gasteiger partial charge in [0, 0.05) is 41.6 Å². The van der Waals surface area contributed by atoms with Crippen LogP contribution in [-0.4, -0.2) is 49.4 Å². The molecular weight excluding hydrogens is 470 g/mol. The smallest absolute Gasteiger partial charge is 0.316 e. The number of rotatable bonds is 6. The summed E-state index contributed by atoms with van der Waals surface area (Å²) in [5, 5.41) is 17.6. The Hall–Kier alpha value is -4.15. The second-order valence-electron chi connectivity index (χ2n) is 8.87. The molecule has 1 fully saturated rings. The fourth-order valence-corrected chi connectivity index (χ4v) is 4.49. The van der Waals surface area contributed by atoms with Gasteiger partial charge in [-0.15, -0.1) is 0 Å². The highest BCUT2D eigenvalue weighted by molar-refractivity contribution is 5.94. The number of halogens is 2. The summed E-state index contributed by atoms with van der Waals surface area (Å²) < 4.78 is 34.0. The number of carbonyl (C=O) groups is 1. The molecule has 1 aromatic carbocycles. The first-order valence-electron chi connectivity index (χ1n) is 11.6. The lowest BCUT2D eigenvalue weighted by molar-refractivity contribution is 0.0940. The van der Waals surface area contributed by atoms with Crippen LogP contribution in [0.4, 0.5) is 8.78 Å². The molecule has 4 aromatic rings. The number of nitrogens with zero attached hydrogens (tertiary/aromatic N) is 5. The highest BCUT2D eigenvalue weighted by atomic mass is 19.1. The number of hydrogen-bond donors (Lipinski definition) is 2. The van der Waals surface area contributed by atoms with E-state index in [0.717, 1.165) is 60.0 Å². The molecule has 1 aliphatic rings. The predicted molar refractivity (Wildman–Crippen MR) is 126 cm³/mol. The number of nitrogens with one attached hydrogen (secondary N) is 1. The van der Waals surface area contributed by atoms with E-state index in [0.29, 0.717) is 12.6 Å². The molecule has 1 saturated carbocycles. The van der Waals surface area contributed by atoms with Gasteiger partial charge >= 0.3 is 6.01 Å². The van der Waals surface area contributed by atoms with Crippen LogP contribution in [0.25, 0.3) is 22.2 Å². The lowest BCUT2D eigenvalue weighted by Crippen LogP contribution is -2.31. The van der Waals surface area contributed by atoms with E-state index in [4.69, 9.17) is 9.84 Å². The SMILES string of the molecule is COc1ncc(-c2cc3cn(C4CCC(CNC(=O)c5cc(F)c(O)c(F)c5)CC4)nc3cn2)cn1. The number of carbonyl (C=O) groups excluding carboxylic acids is 1. The van der Waals surface area contributed by atoms with Crippen molar-refractivity contribution < 1.29 is 23.4 Å². The van der Waals surface area contributed by atoms with Crippen LogP contribution in [0.15, 0.2) is 43.0 Å². The van der Waals surface area contributed by atoms with Crippen LogP contribution in [0.5, 0.6) is 11.8 Å². The number of ether oxygens (including phenoxy) is 1. The second-order valence-corrected chi connectivity index (χ2v) is 8.87. The number of methoxy groups -OCH3 is 1. The van der Waals surface area contributed by atoms with Gasteiger partial charge in [-0.05, 0) is 49.8 Å². The first-order valence-corrected chi connectivity index (χ1v) is 11.6. The van der Waals surface area contributed by atoms with Crippen molar-refractivity contribution in [2.75, 3.05) is 13.7 Å². The Bertz CT molecular complexity index is 1380. The molecule has 0 aliphatic heterocycles. The summed E-state index contributed by atoms with van der Waals surface area (Å²) in [6.07, 6.45) is 10.6. The van der Waals surface area contributed by atoms with E-state index in [1.165, 1.54) is 7.11 Å². The second kappa shape index (κ2) is 9.84. The molecule has 0 bridgehead atoms. The highest BCUT2D eigenvalue weighted by Gasteiger charge is 2.24. The van der Waals surface area contributed by atoms with Gasteiger partial charge in [0.1, 0.15) is 5.52 Å². The first kappa shape index (κ1) is 23.6. The Kier molecular flexibility index (Phi) is 6.45. The van der Waals surface area contributed by atoms with E-state index in [1.807, 2.05) is 16.9 Å². The zero-order valence-electron chi connectivity index (χ0n) is 19.5. The van der Waals surface area contributed by atoms with E-state index in [-0.39, 0.29) is 17.5 Å². The van der Waals surface area contributed by atoms with Gasteiger partial charge in [0.15, 0.2) is 17.4 Å². The number of fused-ring (bicyclic) bond motifs is 1. The zero-order chi connectivity index (χ0) is 25.2. The number of aromatic nitrogens is 5. The maximum atomic E-state index is 13.5. The third-order valence-corrected chi connectivity index (χ3v) is 6.54. The summed E-state index contributed by atoms with van der Waals surface area (Å²) in [6.45, 7) is 0.411. The van der Waals surface area contributed by atoms with Gasteiger partial charge < -0.3 is 15.2 Å². The van der Waals surface area contributed by atoms with Gasteiger partial charge in [-0.3, -0.25) is 14.5 Å². The molecule has 3 heterocycles. The summed E-state index contributed by atoms with van der Waals surface area (Å²) in [5.74, 6) is -3.72. The minimum absolute atomic E-state index is 0.158. The van der Waals surface area contributed by atoms with Gasteiger partial charge in [0.25, 0.3) is 5.91 Å². The number of hydrogen-bond acceptors (Lipinski definition) is 7. The number of phenolic OH excluding ortho intramolecular Hbond substituents is 1. The number of aromatic hydroxyl groups is 1. The number of amides is 1. The molecule has 36 heavy (non-hydrogen) atoms.